The third kappa shape index (κ3) is 2.93. The predicted octanol–water partition coefficient (Wildman–Crippen LogP) is 1.74. The molecular formula is C11H13N3O3S. The molecule has 0 bridgehead atoms. The van der Waals surface area contributed by atoms with Crippen LogP contribution in [0.1, 0.15) is 31.8 Å². The monoisotopic (exact) mass is 267 g/mol. The van der Waals surface area contributed by atoms with Crippen LogP contribution in [0.2, 0.25) is 0 Å². The molecule has 2 aromatic rings. The van der Waals surface area contributed by atoms with E-state index in [0.29, 0.717) is 29.7 Å². The van der Waals surface area contributed by atoms with Crippen LogP contribution < -0.4 is 5.32 Å². The van der Waals surface area contributed by atoms with E-state index in [9.17, 15) is 4.79 Å². The van der Waals surface area contributed by atoms with Crippen LogP contribution in [-0.4, -0.2) is 21.2 Å². The molecule has 18 heavy (non-hydrogen) atoms. The van der Waals surface area contributed by atoms with Crippen molar-refractivity contribution < 1.29 is 14.4 Å². The molecular weight excluding hydrogens is 254 g/mol. The van der Waals surface area contributed by atoms with E-state index in [4.69, 9.17) is 9.63 Å². The van der Waals surface area contributed by atoms with Crippen LogP contribution in [0.5, 0.6) is 0 Å². The lowest BCUT2D eigenvalue weighted by atomic mass is 10.2. The zero-order chi connectivity index (χ0) is 13.1. The Morgan fingerprint density at radius 3 is 2.83 bits per heavy atom. The summed E-state index contributed by atoms with van der Waals surface area (Å²) >= 11 is 1.28. The van der Waals surface area contributed by atoms with Crippen molar-refractivity contribution in [2.24, 2.45) is 0 Å². The summed E-state index contributed by atoms with van der Waals surface area (Å²) in [6.07, 6.45) is 0. The van der Waals surface area contributed by atoms with Crippen molar-refractivity contribution in [3.05, 3.63) is 33.1 Å². The lowest BCUT2D eigenvalue weighted by Gasteiger charge is -2.00. The highest BCUT2D eigenvalue weighted by Crippen LogP contribution is 2.21. The molecule has 2 rings (SSSR count). The molecule has 0 fully saturated rings. The first kappa shape index (κ1) is 12.7. The van der Waals surface area contributed by atoms with Crippen LogP contribution in [0.15, 0.2) is 10.6 Å². The topological polar surface area (TPSA) is 88.2 Å². The smallest absolute Gasteiger partial charge is 0.345 e. The van der Waals surface area contributed by atoms with Crippen LogP contribution >= 0.6 is 11.3 Å². The number of nitrogens with zero attached hydrogens (tertiary/aromatic N) is 2. The average molecular weight is 267 g/mol. The number of aromatic nitrogens is 2. The van der Waals surface area contributed by atoms with E-state index in [1.54, 1.807) is 13.0 Å². The quantitative estimate of drug-likeness (QED) is 0.857. The van der Waals surface area contributed by atoms with Crippen molar-refractivity contribution in [1.29, 1.82) is 0 Å². The number of nitrogens with one attached hydrogen (secondary N) is 1. The Balaban J connectivity index is 1.92. The maximum absolute atomic E-state index is 10.8. The summed E-state index contributed by atoms with van der Waals surface area (Å²) in [7, 11) is 0. The highest BCUT2D eigenvalue weighted by Gasteiger charge is 2.11. The Kier molecular flexibility index (Phi) is 3.73. The third-order valence-corrected chi connectivity index (χ3v) is 3.47. The first-order valence-corrected chi connectivity index (χ1v) is 6.20. The lowest BCUT2D eigenvalue weighted by molar-refractivity contribution is 0.0702. The molecule has 2 aromatic heterocycles. The lowest BCUT2D eigenvalue weighted by Crippen LogP contribution is -2.13. The summed E-state index contributed by atoms with van der Waals surface area (Å²) in [5.74, 6) is 0.243. The SMILES string of the molecule is Cc1noc(CNCc2cc(C(=O)O)sc2C)n1. The fourth-order valence-corrected chi connectivity index (χ4v) is 2.40. The van der Waals surface area contributed by atoms with Gasteiger partial charge in [-0.15, -0.1) is 11.3 Å². The summed E-state index contributed by atoms with van der Waals surface area (Å²) in [6.45, 7) is 4.72. The van der Waals surface area contributed by atoms with Gasteiger partial charge in [-0.1, -0.05) is 5.16 Å². The minimum absolute atomic E-state index is 0.359. The van der Waals surface area contributed by atoms with Gasteiger partial charge in [-0.3, -0.25) is 0 Å². The molecule has 0 aromatic carbocycles. The zero-order valence-electron chi connectivity index (χ0n) is 10.1. The van der Waals surface area contributed by atoms with Gasteiger partial charge < -0.3 is 14.9 Å². The predicted molar refractivity (Wildman–Crippen MR) is 65.6 cm³/mol. The Hall–Kier alpha value is -1.73. The minimum atomic E-state index is -0.887. The van der Waals surface area contributed by atoms with Gasteiger partial charge in [-0.05, 0) is 25.5 Å². The van der Waals surface area contributed by atoms with E-state index in [-0.39, 0.29) is 0 Å². The summed E-state index contributed by atoms with van der Waals surface area (Å²) in [5, 5.41) is 15.7. The second-order valence-electron chi connectivity index (χ2n) is 3.84. The number of hydrogen-bond acceptors (Lipinski definition) is 6. The van der Waals surface area contributed by atoms with Crippen LogP contribution in [0.3, 0.4) is 0 Å². The molecule has 0 radical (unpaired) electrons. The molecule has 0 aliphatic carbocycles. The van der Waals surface area contributed by atoms with Gasteiger partial charge in [0.2, 0.25) is 5.89 Å². The second kappa shape index (κ2) is 5.28. The standard InChI is InChI=1S/C11H13N3O3S/c1-6-8(3-9(18-6)11(15)16)4-12-5-10-13-7(2)14-17-10/h3,12H,4-5H2,1-2H3,(H,15,16). The molecule has 6 nitrogen and oxygen atoms in total. The largest absolute Gasteiger partial charge is 0.477 e. The first-order valence-electron chi connectivity index (χ1n) is 5.39. The van der Waals surface area contributed by atoms with Crippen molar-refractivity contribution >= 4 is 17.3 Å². The molecule has 7 heteroatoms. The Labute approximate surface area is 108 Å². The van der Waals surface area contributed by atoms with E-state index in [1.165, 1.54) is 11.3 Å². The number of carboxylic acid groups (broad SMARTS) is 1. The van der Waals surface area contributed by atoms with Crippen LogP contribution in [0, 0.1) is 13.8 Å². The number of hydrogen-bond donors (Lipinski definition) is 2. The summed E-state index contributed by atoms with van der Waals surface area (Å²) in [5.41, 5.74) is 0.980. The Morgan fingerprint density at radius 2 is 2.28 bits per heavy atom. The highest BCUT2D eigenvalue weighted by atomic mass is 32.1. The number of thiophene rings is 1. The van der Waals surface area contributed by atoms with Crippen LogP contribution in [-0.2, 0) is 13.1 Å². The fourth-order valence-electron chi connectivity index (χ4n) is 1.52. The van der Waals surface area contributed by atoms with Crippen LogP contribution in [0.25, 0.3) is 0 Å². The third-order valence-electron chi connectivity index (χ3n) is 2.39. The molecule has 2 heterocycles. The fraction of sp³-hybridized carbons (Fsp3) is 0.364. The number of aromatic carboxylic acids is 1. The molecule has 0 atom stereocenters. The molecule has 0 saturated carbocycles. The Bertz CT molecular complexity index is 562. The highest BCUT2D eigenvalue weighted by molar-refractivity contribution is 7.14. The molecule has 0 unspecified atom stereocenters. The van der Waals surface area contributed by atoms with Crippen molar-refractivity contribution in [2.45, 2.75) is 26.9 Å². The minimum Gasteiger partial charge on any atom is -0.477 e. The normalized spacial score (nSPS) is 10.8. The molecule has 0 spiro atoms. The maximum Gasteiger partial charge on any atom is 0.345 e. The van der Waals surface area contributed by atoms with Crippen LogP contribution in [0.4, 0.5) is 0 Å². The van der Waals surface area contributed by atoms with Crippen molar-refractivity contribution in [3.63, 3.8) is 0 Å². The summed E-state index contributed by atoms with van der Waals surface area (Å²) in [6, 6.07) is 1.69. The number of carboxylic acids is 1. The van der Waals surface area contributed by atoms with Gasteiger partial charge in [0, 0.05) is 11.4 Å². The van der Waals surface area contributed by atoms with Crippen molar-refractivity contribution in [2.75, 3.05) is 0 Å². The molecule has 0 aliphatic heterocycles. The molecule has 0 aliphatic rings. The zero-order valence-corrected chi connectivity index (χ0v) is 10.9. The summed E-state index contributed by atoms with van der Waals surface area (Å²) < 4.78 is 4.96. The number of carbonyl (C=O) groups is 1. The van der Waals surface area contributed by atoms with Gasteiger partial charge in [0.05, 0.1) is 6.54 Å². The van der Waals surface area contributed by atoms with Crippen molar-refractivity contribution in [3.8, 4) is 0 Å². The van der Waals surface area contributed by atoms with E-state index >= 15 is 0 Å². The number of rotatable bonds is 5. The van der Waals surface area contributed by atoms with Gasteiger partial charge in [0.1, 0.15) is 4.88 Å². The van der Waals surface area contributed by atoms with E-state index in [1.807, 2.05) is 6.92 Å². The van der Waals surface area contributed by atoms with E-state index < -0.39 is 5.97 Å². The van der Waals surface area contributed by atoms with E-state index in [2.05, 4.69) is 15.5 Å². The van der Waals surface area contributed by atoms with Crippen molar-refractivity contribution in [1.82, 2.24) is 15.5 Å². The van der Waals surface area contributed by atoms with Gasteiger partial charge in [-0.25, -0.2) is 4.79 Å². The molecule has 0 amide bonds. The van der Waals surface area contributed by atoms with Gasteiger partial charge >= 0.3 is 5.97 Å². The van der Waals surface area contributed by atoms with Gasteiger partial charge in [-0.2, -0.15) is 4.98 Å². The van der Waals surface area contributed by atoms with E-state index in [0.717, 1.165) is 10.4 Å². The molecule has 96 valence electrons. The number of aryl methyl sites for hydroxylation is 2. The maximum atomic E-state index is 10.8. The summed E-state index contributed by atoms with van der Waals surface area (Å²) in [4.78, 5) is 16.2. The first-order chi connectivity index (χ1) is 8.56. The molecule has 0 saturated heterocycles. The van der Waals surface area contributed by atoms with Gasteiger partial charge in [0.25, 0.3) is 0 Å². The second-order valence-corrected chi connectivity index (χ2v) is 5.09. The van der Waals surface area contributed by atoms with Gasteiger partial charge in [0.15, 0.2) is 5.82 Å². The molecule has 2 N–H and O–H groups in total. The Morgan fingerprint density at radius 1 is 1.50 bits per heavy atom. The average Bonchev–Trinajstić information content (AvgIpc) is 2.87.